The van der Waals surface area contributed by atoms with Gasteiger partial charge >= 0.3 is 12.1 Å². The molecule has 9 heteroatoms. The quantitative estimate of drug-likeness (QED) is 0.457. The molecule has 0 aliphatic rings. The molecule has 0 aliphatic heterocycles. The maximum atomic E-state index is 14.0. The highest BCUT2D eigenvalue weighted by atomic mass is 16.6. The van der Waals surface area contributed by atoms with Crippen molar-refractivity contribution in [2.45, 2.75) is 85.0 Å². The number of carbonyl (C=O) groups is 4. The first kappa shape index (κ1) is 29.9. The zero-order chi connectivity index (χ0) is 26.8. The molecule has 4 unspecified atom stereocenters. The average Bonchev–Trinajstić information content (AvgIpc) is 2.82. The summed E-state index contributed by atoms with van der Waals surface area (Å²) in [7, 11) is 1.23. The van der Waals surface area contributed by atoms with Gasteiger partial charge < -0.3 is 25.0 Å². The number of carbonyl (C=O) groups excluding carboxylic acids is 4. The first-order valence-electron chi connectivity index (χ1n) is 12.1. The highest BCUT2D eigenvalue weighted by Gasteiger charge is 2.40. The van der Waals surface area contributed by atoms with Crippen molar-refractivity contribution in [2.75, 3.05) is 13.7 Å². The Morgan fingerprint density at radius 3 is 2.09 bits per heavy atom. The van der Waals surface area contributed by atoms with E-state index in [2.05, 4.69) is 15.4 Å². The van der Waals surface area contributed by atoms with Crippen LogP contribution in [0.15, 0.2) is 30.3 Å². The molecular weight excluding hydrogens is 450 g/mol. The molecule has 0 saturated heterocycles. The topological polar surface area (TPSA) is 114 Å². The first-order valence-corrected chi connectivity index (χ1v) is 12.1. The largest absolute Gasteiger partial charge is 0.468 e. The molecule has 9 nitrogen and oxygen atoms in total. The van der Waals surface area contributed by atoms with Gasteiger partial charge in [0.1, 0.15) is 24.2 Å². The molecule has 1 rings (SSSR count). The number of nitrogens with one attached hydrogen (secondary N) is 2. The molecule has 0 heterocycles. The monoisotopic (exact) mass is 491 g/mol. The van der Waals surface area contributed by atoms with Crippen LogP contribution >= 0.6 is 0 Å². The van der Waals surface area contributed by atoms with Crippen molar-refractivity contribution >= 4 is 23.9 Å². The first-order chi connectivity index (χ1) is 16.4. The molecule has 0 radical (unpaired) electrons. The maximum absolute atomic E-state index is 14.0. The van der Waals surface area contributed by atoms with Crippen LogP contribution in [0.25, 0.3) is 0 Å². The van der Waals surface area contributed by atoms with Crippen LogP contribution in [0, 0.1) is 5.92 Å². The maximum Gasteiger partial charge on any atom is 0.408 e. The highest BCUT2D eigenvalue weighted by molar-refractivity contribution is 5.93. The summed E-state index contributed by atoms with van der Waals surface area (Å²) in [4.78, 5) is 53.2. The normalized spacial score (nSPS) is 14.6. The number of ether oxygens (including phenoxy) is 2. The number of nitrogens with zero attached hydrogens (tertiary/aromatic N) is 1. The second kappa shape index (κ2) is 13.7. The fourth-order valence-electron chi connectivity index (χ4n) is 3.48. The third kappa shape index (κ3) is 9.22. The van der Waals surface area contributed by atoms with E-state index in [9.17, 15) is 19.2 Å². The van der Waals surface area contributed by atoms with Crippen LogP contribution in [0.5, 0.6) is 0 Å². The molecular formula is C26H41N3O6. The number of benzene rings is 1. The van der Waals surface area contributed by atoms with Gasteiger partial charge in [-0.2, -0.15) is 0 Å². The van der Waals surface area contributed by atoms with Crippen molar-refractivity contribution in [1.82, 2.24) is 15.5 Å². The Morgan fingerprint density at radius 1 is 1.00 bits per heavy atom. The van der Waals surface area contributed by atoms with E-state index in [1.807, 2.05) is 33.8 Å². The second-order valence-corrected chi connectivity index (χ2v) is 9.62. The van der Waals surface area contributed by atoms with E-state index in [0.29, 0.717) is 18.4 Å². The summed E-state index contributed by atoms with van der Waals surface area (Å²) in [6.45, 7) is 12.5. The van der Waals surface area contributed by atoms with Crippen LogP contribution < -0.4 is 10.6 Å². The van der Waals surface area contributed by atoms with E-state index in [0.717, 1.165) is 0 Å². The number of hydrogen-bond acceptors (Lipinski definition) is 6. The molecule has 0 fully saturated rings. The van der Waals surface area contributed by atoms with Crippen LogP contribution in [-0.2, 0) is 23.9 Å². The minimum absolute atomic E-state index is 0.226. The van der Waals surface area contributed by atoms with Gasteiger partial charge in [0.05, 0.1) is 7.11 Å². The predicted octanol–water partition coefficient (Wildman–Crippen LogP) is 3.58. The Labute approximate surface area is 208 Å². The lowest BCUT2D eigenvalue weighted by atomic mass is 9.94. The van der Waals surface area contributed by atoms with Gasteiger partial charge in [-0.05, 0) is 45.6 Å². The Morgan fingerprint density at radius 2 is 1.60 bits per heavy atom. The Hall–Kier alpha value is -3.10. The third-order valence-electron chi connectivity index (χ3n) is 5.75. The minimum Gasteiger partial charge on any atom is -0.468 e. The smallest absolute Gasteiger partial charge is 0.408 e. The molecule has 0 aromatic heterocycles. The van der Waals surface area contributed by atoms with Crippen LogP contribution in [0.3, 0.4) is 0 Å². The number of rotatable bonds is 11. The molecule has 196 valence electrons. The van der Waals surface area contributed by atoms with Gasteiger partial charge in [-0.3, -0.25) is 14.4 Å². The van der Waals surface area contributed by atoms with Crippen molar-refractivity contribution in [1.29, 1.82) is 0 Å². The highest BCUT2D eigenvalue weighted by Crippen LogP contribution is 2.27. The zero-order valence-electron chi connectivity index (χ0n) is 22.2. The summed E-state index contributed by atoms with van der Waals surface area (Å²) in [6, 6.07) is 6.60. The number of amides is 3. The lowest BCUT2D eigenvalue weighted by Crippen LogP contribution is -2.57. The van der Waals surface area contributed by atoms with Gasteiger partial charge in [0, 0.05) is 6.04 Å². The standard InChI is InChI=1S/C26H41N3O6/c1-9-17(3)21(28-25(33)35-26(5,6)7)24(32)29(18(4)10-2)22(19-14-12-11-13-15-19)23(31)27-16-20(30)34-8/h11-15,17-18,21-22H,9-10,16H2,1-8H3,(H,27,31)(H,28,33). The SMILES string of the molecule is CCC(C)C(NC(=O)OC(C)(C)C)C(=O)N(C(C)CC)C(C(=O)NCC(=O)OC)c1ccccc1. The van der Waals surface area contributed by atoms with Gasteiger partial charge in [-0.25, -0.2) is 4.79 Å². The van der Waals surface area contributed by atoms with Gasteiger partial charge in [0.2, 0.25) is 11.8 Å². The minimum atomic E-state index is -1.02. The van der Waals surface area contributed by atoms with Gasteiger partial charge in [0.25, 0.3) is 0 Å². The second-order valence-electron chi connectivity index (χ2n) is 9.62. The van der Waals surface area contributed by atoms with E-state index in [1.165, 1.54) is 12.0 Å². The Balaban J connectivity index is 3.47. The Kier molecular flexibility index (Phi) is 11.7. The van der Waals surface area contributed by atoms with Crippen molar-refractivity contribution in [3.63, 3.8) is 0 Å². The molecule has 4 atom stereocenters. The fraction of sp³-hybridized carbons (Fsp3) is 0.615. The lowest BCUT2D eigenvalue weighted by Gasteiger charge is -2.39. The number of methoxy groups -OCH3 is 1. The van der Waals surface area contributed by atoms with Crippen molar-refractivity contribution in [3.8, 4) is 0 Å². The summed E-state index contributed by atoms with van der Waals surface area (Å²) < 4.78 is 10.0. The number of alkyl carbamates (subject to hydrolysis) is 1. The summed E-state index contributed by atoms with van der Waals surface area (Å²) >= 11 is 0. The van der Waals surface area contributed by atoms with E-state index in [1.54, 1.807) is 45.0 Å². The molecule has 0 bridgehead atoms. The van der Waals surface area contributed by atoms with Gasteiger partial charge in [0.15, 0.2) is 0 Å². The number of hydrogen-bond donors (Lipinski definition) is 2. The van der Waals surface area contributed by atoms with Crippen LogP contribution in [0.4, 0.5) is 4.79 Å². The van der Waals surface area contributed by atoms with E-state index in [-0.39, 0.29) is 18.5 Å². The molecule has 2 N–H and O–H groups in total. The summed E-state index contributed by atoms with van der Waals surface area (Å²) in [5, 5.41) is 5.31. The van der Waals surface area contributed by atoms with E-state index >= 15 is 0 Å². The molecule has 0 spiro atoms. The van der Waals surface area contributed by atoms with Crippen molar-refractivity contribution in [3.05, 3.63) is 35.9 Å². The van der Waals surface area contributed by atoms with Gasteiger partial charge in [-0.15, -0.1) is 0 Å². The van der Waals surface area contributed by atoms with Crippen molar-refractivity contribution < 1.29 is 28.7 Å². The zero-order valence-corrected chi connectivity index (χ0v) is 22.2. The lowest BCUT2D eigenvalue weighted by molar-refractivity contribution is -0.147. The van der Waals surface area contributed by atoms with Crippen LogP contribution in [-0.4, -0.2) is 60.1 Å². The third-order valence-corrected chi connectivity index (χ3v) is 5.75. The van der Waals surface area contributed by atoms with Crippen LogP contribution in [0.1, 0.15) is 72.9 Å². The predicted molar refractivity (Wildman–Crippen MR) is 133 cm³/mol. The van der Waals surface area contributed by atoms with Gasteiger partial charge in [-0.1, -0.05) is 57.5 Å². The average molecular weight is 492 g/mol. The van der Waals surface area contributed by atoms with Crippen molar-refractivity contribution in [2.24, 2.45) is 5.92 Å². The fourth-order valence-corrected chi connectivity index (χ4v) is 3.48. The Bertz CT molecular complexity index is 852. The summed E-state index contributed by atoms with van der Waals surface area (Å²) in [5.41, 5.74) is -0.146. The summed E-state index contributed by atoms with van der Waals surface area (Å²) in [6.07, 6.45) is 0.482. The molecule has 1 aromatic rings. The molecule has 3 amide bonds. The molecule has 1 aromatic carbocycles. The van der Waals surface area contributed by atoms with E-state index in [4.69, 9.17) is 4.74 Å². The molecule has 35 heavy (non-hydrogen) atoms. The summed E-state index contributed by atoms with van der Waals surface area (Å²) in [5.74, 6) is -1.75. The van der Waals surface area contributed by atoms with E-state index < -0.39 is 41.6 Å². The molecule has 0 saturated carbocycles. The molecule has 0 aliphatic carbocycles. The van der Waals surface area contributed by atoms with Crippen LogP contribution in [0.2, 0.25) is 0 Å². The number of esters is 1.